The SMILES string of the molecule is CC(C)=CCC/C(C)=C/CC/C(C)=C/C=NCC1OC(OC2C(CO)OC(OC3C(O)C(N)CC(N)C3OC3CC(O)C(O)C(CO)O3)C2O)C(N)C(O)C1O. The molecule has 4 rings (SSSR count). The molecule has 1 aliphatic carbocycles. The van der Waals surface area contributed by atoms with Crippen LogP contribution in [0.25, 0.3) is 0 Å². The summed E-state index contributed by atoms with van der Waals surface area (Å²) in [5.41, 5.74) is 22.5. The van der Waals surface area contributed by atoms with Crippen LogP contribution in [0.3, 0.4) is 0 Å². The third-order valence-corrected chi connectivity index (χ3v) is 10.8. The molecule has 0 bridgehead atoms. The zero-order chi connectivity index (χ0) is 41.3. The number of allylic oxidation sites excluding steroid dienone is 6. The van der Waals surface area contributed by atoms with Crippen molar-refractivity contribution in [2.75, 3.05) is 19.8 Å². The van der Waals surface area contributed by atoms with E-state index < -0.39 is 123 Å². The smallest absolute Gasteiger partial charge is 0.187 e. The lowest BCUT2D eigenvalue weighted by Gasteiger charge is -2.45. The van der Waals surface area contributed by atoms with Crippen LogP contribution in [0.4, 0.5) is 0 Å². The second-order valence-electron chi connectivity index (χ2n) is 15.7. The molecule has 56 heavy (non-hydrogen) atoms. The Morgan fingerprint density at radius 2 is 1.29 bits per heavy atom. The van der Waals surface area contributed by atoms with Crippen molar-refractivity contribution in [2.45, 2.75) is 176 Å². The number of aliphatic imine (C=N–C) groups is 1. The van der Waals surface area contributed by atoms with Crippen molar-refractivity contribution in [3.8, 4) is 0 Å². The van der Waals surface area contributed by atoms with Crippen molar-refractivity contribution in [1.29, 1.82) is 0 Å². The van der Waals surface area contributed by atoms with E-state index in [1.807, 2.05) is 13.0 Å². The predicted molar refractivity (Wildman–Crippen MR) is 203 cm³/mol. The summed E-state index contributed by atoms with van der Waals surface area (Å²) in [4.78, 5) is 4.37. The van der Waals surface area contributed by atoms with Gasteiger partial charge in [0.05, 0.1) is 38.0 Å². The molecule has 0 aromatic heterocycles. The Balaban J connectivity index is 1.37. The van der Waals surface area contributed by atoms with Crippen molar-refractivity contribution >= 4 is 6.21 Å². The summed E-state index contributed by atoms with van der Waals surface area (Å²) in [6.45, 7) is 7.03. The highest BCUT2D eigenvalue weighted by Gasteiger charge is 2.53. The van der Waals surface area contributed by atoms with Gasteiger partial charge in [0, 0.05) is 24.7 Å². The molecule has 18 unspecified atom stereocenters. The lowest BCUT2D eigenvalue weighted by molar-refractivity contribution is -0.305. The van der Waals surface area contributed by atoms with Gasteiger partial charge in [-0.1, -0.05) is 28.9 Å². The summed E-state index contributed by atoms with van der Waals surface area (Å²) in [5, 5.41) is 84.2. The van der Waals surface area contributed by atoms with Crippen LogP contribution in [0, 0.1) is 0 Å². The monoisotopic (exact) mass is 802 g/mol. The quantitative estimate of drug-likeness (QED) is 0.0546. The molecule has 0 aromatic rings. The summed E-state index contributed by atoms with van der Waals surface area (Å²) < 4.78 is 35.4. The molecule has 18 atom stereocenters. The minimum absolute atomic E-state index is 0.0436. The third kappa shape index (κ3) is 12.4. The zero-order valence-corrected chi connectivity index (χ0v) is 32.8. The summed E-state index contributed by atoms with van der Waals surface area (Å²) in [6, 6.07) is -2.96. The van der Waals surface area contributed by atoms with E-state index in [0.29, 0.717) is 0 Å². The van der Waals surface area contributed by atoms with Crippen LogP contribution < -0.4 is 17.2 Å². The standard InChI is InChI=1S/C38H66N4O14/c1-18(2)7-5-8-19(3)9-6-10-20(4)11-12-42-15-24-31(48)32(49)28(41)37(52-24)55-35-26(17-44)53-38(33(35)50)56-36-29(46)21(39)13-22(40)34(36)54-27-14-23(45)30(47)25(16-43)51-27/h7,9,11-12,21-38,43-50H,5-6,8,10,13-17,39-41H2,1-4H3/b19-9+,20-11+,42-12?. The van der Waals surface area contributed by atoms with Gasteiger partial charge in [0.15, 0.2) is 18.9 Å². The summed E-state index contributed by atoms with van der Waals surface area (Å²) in [7, 11) is 0. The lowest BCUT2D eigenvalue weighted by Crippen LogP contribution is -2.65. The Morgan fingerprint density at radius 3 is 1.96 bits per heavy atom. The van der Waals surface area contributed by atoms with E-state index in [0.717, 1.165) is 31.3 Å². The fourth-order valence-electron chi connectivity index (χ4n) is 7.27. The highest BCUT2D eigenvalue weighted by molar-refractivity contribution is 5.72. The fraction of sp³-hybridized carbons (Fsp3) is 0.816. The van der Waals surface area contributed by atoms with Gasteiger partial charge in [-0.15, -0.1) is 0 Å². The van der Waals surface area contributed by atoms with Gasteiger partial charge in [-0.3, -0.25) is 4.99 Å². The number of aliphatic hydroxyl groups excluding tert-OH is 8. The molecular formula is C38H66N4O14. The van der Waals surface area contributed by atoms with Crippen LogP contribution in [0.15, 0.2) is 39.9 Å². The summed E-state index contributed by atoms with van der Waals surface area (Å²) in [5.74, 6) is 0. The molecule has 4 fully saturated rings. The van der Waals surface area contributed by atoms with Gasteiger partial charge in [-0.25, -0.2) is 0 Å². The molecule has 3 saturated heterocycles. The molecule has 3 heterocycles. The van der Waals surface area contributed by atoms with Crippen LogP contribution in [-0.4, -0.2) is 177 Å². The van der Waals surface area contributed by atoms with E-state index in [9.17, 15) is 40.9 Å². The van der Waals surface area contributed by atoms with Gasteiger partial charge >= 0.3 is 0 Å². The van der Waals surface area contributed by atoms with Gasteiger partial charge in [0.1, 0.15) is 61.0 Å². The molecule has 0 spiro atoms. The average Bonchev–Trinajstić information content (AvgIpc) is 3.45. The van der Waals surface area contributed by atoms with Crippen LogP contribution in [0.1, 0.15) is 66.2 Å². The minimum atomic E-state index is -1.61. The van der Waals surface area contributed by atoms with Gasteiger partial charge in [-0.2, -0.15) is 0 Å². The Hall–Kier alpha value is -1.79. The number of hydrogen-bond acceptors (Lipinski definition) is 18. The van der Waals surface area contributed by atoms with E-state index >= 15 is 0 Å². The zero-order valence-electron chi connectivity index (χ0n) is 32.8. The maximum atomic E-state index is 11.4. The Morgan fingerprint density at radius 1 is 0.643 bits per heavy atom. The number of hydrogen-bond donors (Lipinski definition) is 11. The van der Waals surface area contributed by atoms with E-state index in [2.05, 4.69) is 37.9 Å². The van der Waals surface area contributed by atoms with Crippen LogP contribution >= 0.6 is 0 Å². The third-order valence-electron chi connectivity index (χ3n) is 10.8. The molecule has 0 amide bonds. The minimum Gasteiger partial charge on any atom is -0.394 e. The van der Waals surface area contributed by atoms with Gasteiger partial charge in [0.25, 0.3) is 0 Å². The first kappa shape index (κ1) is 46.9. The first-order valence-corrected chi connectivity index (χ1v) is 19.5. The highest BCUT2D eigenvalue weighted by Crippen LogP contribution is 2.34. The topological polar surface area (TPSA) is 308 Å². The normalized spacial score (nSPS) is 42.7. The second-order valence-corrected chi connectivity index (χ2v) is 15.7. The number of nitrogens with zero attached hydrogens (tertiary/aromatic N) is 1. The number of ether oxygens (including phenoxy) is 6. The Labute approximate surface area is 328 Å². The lowest BCUT2D eigenvalue weighted by atomic mass is 9.84. The molecule has 18 heteroatoms. The maximum Gasteiger partial charge on any atom is 0.187 e. The fourth-order valence-corrected chi connectivity index (χ4v) is 7.27. The molecule has 0 radical (unpaired) electrons. The number of nitrogens with two attached hydrogens (primary N) is 3. The molecule has 4 aliphatic rings. The summed E-state index contributed by atoms with van der Waals surface area (Å²) >= 11 is 0. The molecule has 14 N–H and O–H groups in total. The van der Waals surface area contributed by atoms with Crippen LogP contribution in [-0.2, 0) is 28.4 Å². The van der Waals surface area contributed by atoms with Crippen molar-refractivity contribution in [3.63, 3.8) is 0 Å². The second kappa shape index (κ2) is 22.0. The largest absolute Gasteiger partial charge is 0.394 e. The van der Waals surface area contributed by atoms with Crippen molar-refractivity contribution in [1.82, 2.24) is 0 Å². The van der Waals surface area contributed by atoms with Gasteiger partial charge in [-0.05, 0) is 65.9 Å². The molecule has 3 aliphatic heterocycles. The first-order chi connectivity index (χ1) is 26.6. The van der Waals surface area contributed by atoms with E-state index in [-0.39, 0.29) is 19.4 Å². The first-order valence-electron chi connectivity index (χ1n) is 19.5. The van der Waals surface area contributed by atoms with Crippen LogP contribution in [0.2, 0.25) is 0 Å². The maximum absolute atomic E-state index is 11.4. The predicted octanol–water partition coefficient (Wildman–Crippen LogP) is -2.27. The van der Waals surface area contributed by atoms with Gasteiger partial charge in [0.2, 0.25) is 0 Å². The Kier molecular flexibility index (Phi) is 18.4. The van der Waals surface area contributed by atoms with Gasteiger partial charge < -0.3 is 86.5 Å². The van der Waals surface area contributed by atoms with Crippen LogP contribution in [0.5, 0.6) is 0 Å². The highest BCUT2D eigenvalue weighted by atomic mass is 16.8. The number of rotatable bonds is 17. The molecular weight excluding hydrogens is 736 g/mol. The molecule has 18 nitrogen and oxygen atoms in total. The molecule has 322 valence electrons. The van der Waals surface area contributed by atoms with Crippen molar-refractivity contribution in [3.05, 3.63) is 34.9 Å². The Bertz CT molecular complexity index is 1330. The van der Waals surface area contributed by atoms with E-state index in [1.54, 1.807) is 6.21 Å². The van der Waals surface area contributed by atoms with E-state index in [4.69, 9.17) is 45.6 Å². The average molecular weight is 803 g/mol. The van der Waals surface area contributed by atoms with Crippen molar-refractivity contribution < 1.29 is 69.3 Å². The van der Waals surface area contributed by atoms with E-state index in [1.165, 1.54) is 11.1 Å². The number of aliphatic hydroxyl groups is 8. The van der Waals surface area contributed by atoms with Crippen molar-refractivity contribution in [2.24, 2.45) is 22.2 Å². The molecule has 0 aromatic carbocycles. The molecule has 1 saturated carbocycles. The summed E-state index contributed by atoms with van der Waals surface area (Å²) in [6.07, 6.45) is -8.06.